The van der Waals surface area contributed by atoms with E-state index in [2.05, 4.69) is 41.6 Å². The number of anilines is 1. The van der Waals surface area contributed by atoms with Gasteiger partial charge in [0.15, 0.2) is 5.13 Å². The number of nitrogens with one attached hydrogen (secondary N) is 1. The van der Waals surface area contributed by atoms with Crippen molar-refractivity contribution in [1.29, 1.82) is 0 Å². The second-order valence-electron chi connectivity index (χ2n) is 4.99. The van der Waals surface area contributed by atoms with Crippen LogP contribution < -0.4 is 4.72 Å². The molecule has 0 saturated heterocycles. The maximum absolute atomic E-state index is 12.5. The van der Waals surface area contributed by atoms with Crippen LogP contribution in [0.1, 0.15) is 30.0 Å². The Morgan fingerprint density at radius 3 is 2.67 bits per heavy atom. The first kappa shape index (κ1) is 15.5. The molecule has 112 valence electrons. The van der Waals surface area contributed by atoms with E-state index in [0.717, 1.165) is 28.6 Å². The standard InChI is InChI=1S/C13H12Br2N2O2S2/c1-7-4-10(15)12(5-9(7)14)21(18,19)17-13-16-11(6-20-13)8-2-3-8/h4-6,8H,2-3H2,1H3,(H,16,17). The molecule has 1 N–H and O–H groups in total. The van der Waals surface area contributed by atoms with Crippen molar-refractivity contribution in [1.82, 2.24) is 4.98 Å². The third-order valence-corrected chi connectivity index (χ3v) is 7.30. The van der Waals surface area contributed by atoms with Crippen molar-refractivity contribution in [3.8, 4) is 0 Å². The van der Waals surface area contributed by atoms with Crippen molar-refractivity contribution >= 4 is 58.4 Å². The molecule has 2 aromatic rings. The summed E-state index contributed by atoms with van der Waals surface area (Å²) in [5.41, 5.74) is 1.95. The molecule has 3 rings (SSSR count). The normalized spacial score (nSPS) is 15.2. The van der Waals surface area contributed by atoms with E-state index >= 15 is 0 Å². The van der Waals surface area contributed by atoms with Crippen LogP contribution >= 0.6 is 43.2 Å². The summed E-state index contributed by atoms with van der Waals surface area (Å²) >= 11 is 8.00. The molecule has 1 fully saturated rings. The second-order valence-corrected chi connectivity index (χ2v) is 9.21. The maximum Gasteiger partial charge on any atom is 0.264 e. The lowest BCUT2D eigenvalue weighted by Gasteiger charge is -2.09. The van der Waals surface area contributed by atoms with Crippen molar-refractivity contribution in [2.45, 2.75) is 30.6 Å². The summed E-state index contributed by atoms with van der Waals surface area (Å²) in [7, 11) is -3.65. The number of nitrogens with zero attached hydrogens (tertiary/aromatic N) is 1. The molecule has 1 aliphatic carbocycles. The van der Waals surface area contributed by atoms with Gasteiger partial charge in [-0.15, -0.1) is 11.3 Å². The number of hydrogen-bond acceptors (Lipinski definition) is 4. The van der Waals surface area contributed by atoms with Gasteiger partial charge in [0, 0.05) is 20.2 Å². The molecule has 1 heterocycles. The smallest absolute Gasteiger partial charge is 0.255 e. The molecular formula is C13H12Br2N2O2S2. The van der Waals surface area contributed by atoms with Crippen LogP contribution in [0, 0.1) is 6.92 Å². The summed E-state index contributed by atoms with van der Waals surface area (Å²) in [4.78, 5) is 4.55. The first-order chi connectivity index (χ1) is 9.87. The van der Waals surface area contributed by atoms with Gasteiger partial charge >= 0.3 is 0 Å². The number of sulfonamides is 1. The number of aromatic nitrogens is 1. The number of benzene rings is 1. The lowest BCUT2D eigenvalue weighted by Crippen LogP contribution is -2.13. The Morgan fingerprint density at radius 1 is 1.29 bits per heavy atom. The van der Waals surface area contributed by atoms with Gasteiger partial charge in [0.25, 0.3) is 10.0 Å². The SMILES string of the molecule is Cc1cc(Br)c(S(=O)(=O)Nc2nc(C3CC3)cs2)cc1Br. The van der Waals surface area contributed by atoms with Crippen LogP contribution in [0.5, 0.6) is 0 Å². The summed E-state index contributed by atoms with van der Waals surface area (Å²) < 4.78 is 28.8. The highest BCUT2D eigenvalue weighted by atomic mass is 79.9. The molecule has 8 heteroatoms. The van der Waals surface area contributed by atoms with E-state index in [-0.39, 0.29) is 4.90 Å². The topological polar surface area (TPSA) is 59.1 Å². The molecule has 1 aliphatic rings. The molecule has 0 aliphatic heterocycles. The summed E-state index contributed by atoms with van der Waals surface area (Å²) in [5.74, 6) is 0.514. The van der Waals surface area contributed by atoms with E-state index < -0.39 is 10.0 Å². The monoisotopic (exact) mass is 450 g/mol. The van der Waals surface area contributed by atoms with Gasteiger partial charge in [0.1, 0.15) is 4.90 Å². The highest BCUT2D eigenvalue weighted by molar-refractivity contribution is 9.11. The van der Waals surface area contributed by atoms with Gasteiger partial charge in [-0.05, 0) is 53.4 Å². The fraction of sp³-hybridized carbons (Fsp3) is 0.308. The molecule has 0 unspecified atom stereocenters. The highest BCUT2D eigenvalue weighted by Crippen LogP contribution is 2.41. The lowest BCUT2D eigenvalue weighted by molar-refractivity contribution is 0.600. The summed E-state index contributed by atoms with van der Waals surface area (Å²) in [6.07, 6.45) is 2.29. The Balaban J connectivity index is 1.90. The first-order valence-corrected chi connectivity index (χ1v) is 10.3. The predicted molar refractivity (Wildman–Crippen MR) is 91.5 cm³/mol. The molecule has 0 bridgehead atoms. The number of hydrogen-bond donors (Lipinski definition) is 1. The minimum Gasteiger partial charge on any atom is -0.255 e. The van der Waals surface area contributed by atoms with E-state index in [0.29, 0.717) is 15.5 Å². The van der Waals surface area contributed by atoms with Crippen molar-refractivity contribution in [3.63, 3.8) is 0 Å². The van der Waals surface area contributed by atoms with E-state index in [4.69, 9.17) is 0 Å². The molecular weight excluding hydrogens is 440 g/mol. The predicted octanol–water partition coefficient (Wildman–Crippen LogP) is 4.65. The molecule has 21 heavy (non-hydrogen) atoms. The van der Waals surface area contributed by atoms with E-state index in [9.17, 15) is 8.42 Å². The van der Waals surface area contributed by atoms with Gasteiger partial charge < -0.3 is 0 Å². The zero-order chi connectivity index (χ0) is 15.2. The molecule has 4 nitrogen and oxygen atoms in total. The quantitative estimate of drug-likeness (QED) is 0.735. The second kappa shape index (κ2) is 5.64. The molecule has 1 aromatic carbocycles. The van der Waals surface area contributed by atoms with Crippen molar-refractivity contribution in [3.05, 3.63) is 37.7 Å². The average molecular weight is 452 g/mol. The van der Waals surface area contributed by atoms with Crippen molar-refractivity contribution in [2.24, 2.45) is 0 Å². The Bertz CT molecular complexity index is 798. The van der Waals surface area contributed by atoms with E-state index in [1.165, 1.54) is 11.3 Å². The number of rotatable bonds is 4. The number of aryl methyl sites for hydroxylation is 1. The van der Waals surface area contributed by atoms with Gasteiger partial charge in [-0.2, -0.15) is 0 Å². The van der Waals surface area contributed by atoms with Gasteiger partial charge in [-0.25, -0.2) is 13.4 Å². The fourth-order valence-electron chi connectivity index (χ4n) is 1.90. The van der Waals surface area contributed by atoms with Crippen LogP contribution in [0.15, 0.2) is 31.4 Å². The van der Waals surface area contributed by atoms with Crippen LogP contribution in [-0.4, -0.2) is 13.4 Å². The Labute approximate surface area is 144 Å². The molecule has 1 aromatic heterocycles. The number of thiazole rings is 1. The number of halogens is 2. The molecule has 0 atom stereocenters. The van der Waals surface area contributed by atoms with Crippen LogP contribution in [0.2, 0.25) is 0 Å². The van der Waals surface area contributed by atoms with E-state index in [1.807, 2.05) is 12.3 Å². The maximum atomic E-state index is 12.5. The van der Waals surface area contributed by atoms with Gasteiger partial charge in [0.05, 0.1) is 5.69 Å². The largest absolute Gasteiger partial charge is 0.264 e. The Hall–Kier alpha value is -0.440. The third kappa shape index (κ3) is 3.33. The minimum absolute atomic E-state index is 0.197. The Kier molecular flexibility index (Phi) is 4.15. The lowest BCUT2D eigenvalue weighted by atomic mass is 10.2. The van der Waals surface area contributed by atoms with Crippen LogP contribution in [-0.2, 0) is 10.0 Å². The third-order valence-electron chi connectivity index (χ3n) is 3.24. The molecule has 0 amide bonds. The van der Waals surface area contributed by atoms with Crippen LogP contribution in [0.25, 0.3) is 0 Å². The van der Waals surface area contributed by atoms with Crippen LogP contribution in [0.4, 0.5) is 5.13 Å². The minimum atomic E-state index is -3.65. The summed E-state index contributed by atoms with van der Waals surface area (Å²) in [6.45, 7) is 1.90. The van der Waals surface area contributed by atoms with Crippen molar-refractivity contribution in [2.75, 3.05) is 4.72 Å². The zero-order valence-corrected chi connectivity index (χ0v) is 15.9. The Morgan fingerprint density at radius 2 is 2.00 bits per heavy atom. The highest BCUT2D eigenvalue weighted by Gasteiger charge is 2.27. The van der Waals surface area contributed by atoms with Gasteiger partial charge in [-0.3, -0.25) is 4.72 Å². The van der Waals surface area contributed by atoms with E-state index in [1.54, 1.807) is 12.1 Å². The fourth-order valence-corrected chi connectivity index (χ4v) is 5.63. The van der Waals surface area contributed by atoms with Crippen LogP contribution in [0.3, 0.4) is 0 Å². The van der Waals surface area contributed by atoms with Crippen molar-refractivity contribution < 1.29 is 8.42 Å². The first-order valence-electron chi connectivity index (χ1n) is 6.31. The summed E-state index contributed by atoms with van der Waals surface area (Å²) in [5, 5.41) is 2.34. The molecule has 1 saturated carbocycles. The van der Waals surface area contributed by atoms with Gasteiger partial charge in [0.2, 0.25) is 0 Å². The zero-order valence-electron chi connectivity index (χ0n) is 11.1. The molecule has 0 radical (unpaired) electrons. The summed E-state index contributed by atoms with van der Waals surface area (Å²) in [6, 6.07) is 3.37. The average Bonchev–Trinajstić information content (AvgIpc) is 3.15. The van der Waals surface area contributed by atoms with Gasteiger partial charge in [-0.1, -0.05) is 15.9 Å². The molecule has 0 spiro atoms.